The minimum absolute atomic E-state index is 0.0494. The van der Waals surface area contributed by atoms with E-state index < -0.39 is 0 Å². The van der Waals surface area contributed by atoms with Gasteiger partial charge in [-0.1, -0.05) is 0 Å². The number of hydrogen-bond donors (Lipinski definition) is 1. The highest BCUT2D eigenvalue weighted by Gasteiger charge is 2.50. The molecule has 0 amide bonds. The van der Waals surface area contributed by atoms with Crippen molar-refractivity contribution in [2.45, 2.75) is 37.8 Å². The average molecular weight is 280 g/mol. The summed E-state index contributed by atoms with van der Waals surface area (Å²) in [4.78, 5) is 4.19. The number of rotatable bonds is 5. The number of thiophene rings is 1. The molecule has 0 spiro atoms. The smallest absolute Gasteiger partial charge is 0.0661 e. The van der Waals surface area contributed by atoms with Crippen molar-refractivity contribution in [2.24, 2.45) is 11.7 Å². The van der Waals surface area contributed by atoms with Crippen LogP contribution in [-0.4, -0.2) is 37.2 Å². The van der Waals surface area contributed by atoms with E-state index in [1.165, 1.54) is 18.4 Å². The van der Waals surface area contributed by atoms with Gasteiger partial charge in [-0.3, -0.25) is 4.90 Å². The molecule has 3 rings (SSSR count). The summed E-state index contributed by atoms with van der Waals surface area (Å²) in [5.41, 5.74) is 7.76. The fourth-order valence-electron chi connectivity index (χ4n) is 3.77. The Bertz CT molecular complexity index is 443. The van der Waals surface area contributed by atoms with Gasteiger partial charge >= 0.3 is 0 Å². The van der Waals surface area contributed by atoms with E-state index in [4.69, 9.17) is 10.5 Å². The SMILES string of the molecule is COCC(CN)(C1CC1)N1CCc2sccc2C1C. The maximum Gasteiger partial charge on any atom is 0.0661 e. The van der Waals surface area contributed by atoms with Crippen LogP contribution < -0.4 is 5.73 Å². The summed E-state index contributed by atoms with van der Waals surface area (Å²) in [5, 5.41) is 2.22. The summed E-state index contributed by atoms with van der Waals surface area (Å²) < 4.78 is 5.55. The molecule has 2 N–H and O–H groups in total. The lowest BCUT2D eigenvalue weighted by molar-refractivity contribution is -0.0272. The first-order chi connectivity index (χ1) is 9.23. The van der Waals surface area contributed by atoms with Gasteiger partial charge in [-0.05, 0) is 49.1 Å². The lowest BCUT2D eigenvalue weighted by Gasteiger charge is -2.48. The van der Waals surface area contributed by atoms with E-state index >= 15 is 0 Å². The molecule has 1 aliphatic heterocycles. The molecule has 3 nitrogen and oxygen atoms in total. The van der Waals surface area contributed by atoms with E-state index in [1.807, 2.05) is 11.3 Å². The summed E-state index contributed by atoms with van der Waals surface area (Å²) in [6, 6.07) is 2.76. The van der Waals surface area contributed by atoms with Crippen molar-refractivity contribution in [1.29, 1.82) is 0 Å². The van der Waals surface area contributed by atoms with Crippen LogP contribution in [-0.2, 0) is 11.2 Å². The number of nitrogens with two attached hydrogens (primary N) is 1. The molecule has 19 heavy (non-hydrogen) atoms. The molecule has 0 bridgehead atoms. The van der Waals surface area contributed by atoms with Gasteiger partial charge in [-0.2, -0.15) is 0 Å². The fraction of sp³-hybridized carbons (Fsp3) is 0.733. The lowest BCUT2D eigenvalue weighted by Crippen LogP contribution is -2.60. The first-order valence-corrected chi connectivity index (χ1v) is 8.13. The number of nitrogens with zero attached hydrogens (tertiary/aromatic N) is 1. The van der Waals surface area contributed by atoms with Crippen molar-refractivity contribution in [3.63, 3.8) is 0 Å². The number of hydrogen-bond acceptors (Lipinski definition) is 4. The minimum atomic E-state index is 0.0494. The van der Waals surface area contributed by atoms with Gasteiger partial charge in [0.2, 0.25) is 0 Å². The predicted molar refractivity (Wildman–Crippen MR) is 79.5 cm³/mol. The Balaban J connectivity index is 1.91. The van der Waals surface area contributed by atoms with E-state index in [-0.39, 0.29) is 5.54 Å². The first kappa shape index (κ1) is 13.6. The van der Waals surface area contributed by atoms with Crippen LogP contribution >= 0.6 is 11.3 Å². The van der Waals surface area contributed by atoms with Crippen LogP contribution in [0.1, 0.15) is 36.2 Å². The Labute approximate surface area is 119 Å². The van der Waals surface area contributed by atoms with Crippen LogP contribution in [0.25, 0.3) is 0 Å². The molecule has 1 aliphatic carbocycles. The van der Waals surface area contributed by atoms with Crippen LogP contribution in [0.15, 0.2) is 11.4 Å². The molecule has 2 unspecified atom stereocenters. The van der Waals surface area contributed by atoms with Crippen LogP contribution in [0.5, 0.6) is 0 Å². The maximum absolute atomic E-state index is 6.20. The second kappa shape index (κ2) is 5.17. The topological polar surface area (TPSA) is 38.5 Å². The Hall–Kier alpha value is -0.420. The molecule has 0 saturated heterocycles. The maximum atomic E-state index is 6.20. The molecule has 1 aromatic rings. The third kappa shape index (κ3) is 2.15. The number of methoxy groups -OCH3 is 1. The molecule has 1 saturated carbocycles. The van der Waals surface area contributed by atoms with Crippen LogP contribution in [0.4, 0.5) is 0 Å². The summed E-state index contributed by atoms with van der Waals surface area (Å²) in [5.74, 6) is 0.722. The Kier molecular flexibility index (Phi) is 3.69. The molecule has 1 aromatic heterocycles. The van der Waals surface area contributed by atoms with Gasteiger partial charge in [0, 0.05) is 31.1 Å². The minimum Gasteiger partial charge on any atom is -0.383 e. The fourth-order valence-corrected chi connectivity index (χ4v) is 4.73. The summed E-state index contributed by atoms with van der Waals surface area (Å²) in [6.45, 7) is 4.91. The zero-order chi connectivity index (χ0) is 13.5. The van der Waals surface area contributed by atoms with Crippen molar-refractivity contribution >= 4 is 11.3 Å². The molecule has 0 aromatic carbocycles. The van der Waals surface area contributed by atoms with Crippen molar-refractivity contribution in [3.05, 3.63) is 21.9 Å². The molecule has 106 valence electrons. The lowest BCUT2D eigenvalue weighted by atomic mass is 9.86. The van der Waals surface area contributed by atoms with E-state index in [1.54, 1.807) is 12.0 Å². The zero-order valence-electron chi connectivity index (χ0n) is 11.9. The third-order valence-electron chi connectivity index (χ3n) is 4.93. The molecule has 0 radical (unpaired) electrons. The van der Waals surface area contributed by atoms with E-state index in [2.05, 4.69) is 23.3 Å². The predicted octanol–water partition coefficient (Wildman–Crippen LogP) is 2.42. The standard InChI is InChI=1S/C15H24N2OS/c1-11-13-6-8-19-14(13)5-7-17(11)15(9-16,10-18-2)12-3-4-12/h6,8,11-12H,3-5,7,9-10,16H2,1-2H3. The molecule has 2 atom stereocenters. The second-order valence-corrected chi connectivity index (χ2v) is 6.93. The van der Waals surface area contributed by atoms with E-state index in [0.717, 1.165) is 25.5 Å². The number of ether oxygens (including phenoxy) is 1. The van der Waals surface area contributed by atoms with E-state index in [9.17, 15) is 0 Å². The first-order valence-electron chi connectivity index (χ1n) is 7.25. The summed E-state index contributed by atoms with van der Waals surface area (Å²) in [6.07, 6.45) is 3.77. The van der Waals surface area contributed by atoms with Gasteiger partial charge < -0.3 is 10.5 Å². The van der Waals surface area contributed by atoms with Gasteiger partial charge in [0.25, 0.3) is 0 Å². The molecule has 2 aliphatic rings. The van der Waals surface area contributed by atoms with Gasteiger partial charge in [-0.15, -0.1) is 11.3 Å². The van der Waals surface area contributed by atoms with Gasteiger partial charge in [0.05, 0.1) is 12.1 Å². The summed E-state index contributed by atoms with van der Waals surface area (Å²) in [7, 11) is 1.80. The highest BCUT2D eigenvalue weighted by atomic mass is 32.1. The van der Waals surface area contributed by atoms with Gasteiger partial charge in [-0.25, -0.2) is 0 Å². The quantitative estimate of drug-likeness (QED) is 0.900. The Morgan fingerprint density at radius 3 is 2.95 bits per heavy atom. The molecule has 1 fully saturated rings. The van der Waals surface area contributed by atoms with Crippen molar-refractivity contribution in [3.8, 4) is 0 Å². The van der Waals surface area contributed by atoms with Crippen LogP contribution in [0.2, 0.25) is 0 Å². The molecule has 4 heteroatoms. The average Bonchev–Trinajstić information content (AvgIpc) is 3.15. The zero-order valence-corrected chi connectivity index (χ0v) is 12.7. The second-order valence-electron chi connectivity index (χ2n) is 5.93. The van der Waals surface area contributed by atoms with Crippen molar-refractivity contribution in [1.82, 2.24) is 4.90 Å². The highest BCUT2D eigenvalue weighted by molar-refractivity contribution is 7.10. The normalized spacial score (nSPS) is 27.0. The van der Waals surface area contributed by atoms with Crippen LogP contribution in [0, 0.1) is 5.92 Å². The van der Waals surface area contributed by atoms with Gasteiger partial charge in [0.15, 0.2) is 0 Å². The monoisotopic (exact) mass is 280 g/mol. The third-order valence-corrected chi connectivity index (χ3v) is 5.93. The highest BCUT2D eigenvalue weighted by Crippen LogP contribution is 2.47. The van der Waals surface area contributed by atoms with Crippen molar-refractivity contribution in [2.75, 3.05) is 26.8 Å². The molecular formula is C15H24N2OS. The largest absolute Gasteiger partial charge is 0.383 e. The van der Waals surface area contributed by atoms with E-state index in [0.29, 0.717) is 12.6 Å². The summed E-state index contributed by atoms with van der Waals surface area (Å²) >= 11 is 1.90. The van der Waals surface area contributed by atoms with Crippen molar-refractivity contribution < 1.29 is 4.74 Å². The number of fused-ring (bicyclic) bond motifs is 1. The van der Waals surface area contributed by atoms with Crippen LogP contribution in [0.3, 0.4) is 0 Å². The van der Waals surface area contributed by atoms with Gasteiger partial charge in [0.1, 0.15) is 0 Å². The Morgan fingerprint density at radius 1 is 1.53 bits per heavy atom. The Morgan fingerprint density at radius 2 is 2.32 bits per heavy atom. The molecule has 2 heterocycles. The molecular weight excluding hydrogens is 256 g/mol.